The number of aryl methyl sites for hydroxylation is 1. The Hall–Kier alpha value is -6.50. The van der Waals surface area contributed by atoms with Gasteiger partial charge in [-0.05, 0) is 6.92 Å². The van der Waals surface area contributed by atoms with E-state index in [9.17, 15) is 132 Å². The average Bonchev–Trinajstić information content (AvgIpc) is 3.35. The monoisotopic (exact) mass is 1150 g/mol. The van der Waals surface area contributed by atoms with Gasteiger partial charge in [-0.15, -0.1) is 36.4 Å². The predicted octanol–water partition coefficient (Wildman–Crippen LogP) is 14.3. The second-order valence-electron chi connectivity index (χ2n) is 11.8. The van der Waals surface area contributed by atoms with Crippen molar-refractivity contribution in [3.05, 3.63) is 247 Å². The summed E-state index contributed by atoms with van der Waals surface area (Å²) in [5, 5.41) is 0. The number of benzene rings is 7. The third kappa shape index (κ3) is 19.6. The van der Waals surface area contributed by atoms with Gasteiger partial charge in [-0.2, -0.15) is 0 Å². The fraction of sp³-hybridized carbons (Fsp3) is 0.0233. The molecule has 0 aliphatic carbocycles. The third-order valence-electron chi connectivity index (χ3n) is 6.88. The van der Waals surface area contributed by atoms with E-state index in [1.165, 1.54) is 5.56 Å². The SMILES string of the molecule is Cc1ccccc1.Fc1[c-]c(F)c(F)c(F)c1F.Fc1[c-]c(F)c(F)c(F)c1F.Fc1[c-]c(F)c(F)c(F)c1F.Fc1[c-]c(F)c(F)c(F)c1F.Fc1[c-]c(F)c(F)c(F)c1F.Fc1[c-]c(F)c(F)c(F)c1F.[Al+3].[Al+3]. The molecule has 0 unspecified atom stereocenters. The molecule has 0 spiro atoms. The van der Waals surface area contributed by atoms with Crippen LogP contribution in [0.5, 0.6) is 0 Å². The van der Waals surface area contributed by atoms with Crippen LogP contribution in [0.2, 0.25) is 0 Å². The average molecular weight is 1150 g/mol. The van der Waals surface area contributed by atoms with Gasteiger partial charge in [-0.3, -0.25) is 52.7 Å². The Kier molecular flexibility index (Phi) is 29.6. The van der Waals surface area contributed by atoms with Gasteiger partial charge in [0.1, 0.15) is 0 Å². The number of rotatable bonds is 0. The van der Waals surface area contributed by atoms with E-state index in [1.807, 2.05) is 18.2 Å². The van der Waals surface area contributed by atoms with E-state index in [-0.39, 0.29) is 34.7 Å². The van der Waals surface area contributed by atoms with Crippen molar-refractivity contribution < 1.29 is 132 Å². The van der Waals surface area contributed by atoms with Gasteiger partial charge >= 0.3 is 34.7 Å². The standard InChI is InChI=1S/C7H8.6C6F5.2Al/c1-7-5-3-2-4-6-7;6*7-2-1-3(8)5(10)6(11)4(2)9;;/h2-6H,1H3;;;;;;;;/q;6*-1;2*+3. The first kappa shape index (κ1) is 70.6. The molecule has 7 aromatic carbocycles. The van der Waals surface area contributed by atoms with Gasteiger partial charge in [0, 0.05) is 0 Å². The minimum atomic E-state index is -2.17. The molecule has 0 radical (unpaired) electrons. The molecule has 75 heavy (non-hydrogen) atoms. The Morgan fingerprint density at radius 2 is 0.293 bits per heavy atom. The normalized spacial score (nSPS) is 9.85. The summed E-state index contributed by atoms with van der Waals surface area (Å²) in [6.45, 7) is 2.08. The molecule has 0 aliphatic heterocycles. The van der Waals surface area contributed by atoms with Crippen LogP contribution in [0.3, 0.4) is 0 Å². The molecule has 7 rings (SSSR count). The van der Waals surface area contributed by atoms with Gasteiger partial charge in [0.05, 0.1) is 175 Å². The van der Waals surface area contributed by atoms with Crippen LogP contribution in [-0.2, 0) is 0 Å². The van der Waals surface area contributed by atoms with Gasteiger partial charge in [0.15, 0.2) is 0 Å². The number of halogens is 30. The van der Waals surface area contributed by atoms with Crippen LogP contribution >= 0.6 is 0 Å². The van der Waals surface area contributed by atoms with Crippen molar-refractivity contribution in [3.63, 3.8) is 0 Å². The summed E-state index contributed by atoms with van der Waals surface area (Å²) in [6, 6.07) is 16.4. The summed E-state index contributed by atoms with van der Waals surface area (Å²) in [5.41, 5.74) is 1.32. The van der Waals surface area contributed by atoms with Crippen molar-refractivity contribution >= 4 is 34.7 Å². The van der Waals surface area contributed by atoms with Crippen molar-refractivity contribution in [2.24, 2.45) is 0 Å². The molecule has 0 fully saturated rings. The van der Waals surface area contributed by atoms with Crippen molar-refractivity contribution in [1.82, 2.24) is 0 Å². The Bertz CT molecular complexity index is 2410. The van der Waals surface area contributed by atoms with Gasteiger partial charge in [0.25, 0.3) is 0 Å². The summed E-state index contributed by atoms with van der Waals surface area (Å²) in [5.74, 6) is -60.3. The molecule has 7 aromatic rings. The fourth-order valence-electron chi connectivity index (χ4n) is 3.51. The second kappa shape index (κ2) is 31.4. The zero-order valence-electron chi connectivity index (χ0n) is 34.9. The van der Waals surface area contributed by atoms with Crippen LogP contribution in [0.25, 0.3) is 0 Å². The summed E-state index contributed by atoms with van der Waals surface area (Å²) in [6.07, 6.45) is 0. The Balaban J connectivity index is 0. The molecule has 0 nitrogen and oxygen atoms in total. The van der Waals surface area contributed by atoms with E-state index in [1.54, 1.807) is 0 Å². The maximum Gasteiger partial charge on any atom is 3.00 e. The molecular formula is C43H8Al2F30. The zero-order chi connectivity index (χ0) is 56.7. The van der Waals surface area contributed by atoms with E-state index in [4.69, 9.17) is 0 Å². The van der Waals surface area contributed by atoms with E-state index >= 15 is 0 Å². The number of hydrogen-bond acceptors (Lipinski definition) is 0. The topological polar surface area (TPSA) is 0 Å². The van der Waals surface area contributed by atoms with Gasteiger partial charge < -0.3 is 0 Å². The molecular weight excluding hydrogens is 1140 g/mol. The first-order chi connectivity index (χ1) is 33.6. The van der Waals surface area contributed by atoms with Crippen LogP contribution < -0.4 is 0 Å². The molecule has 0 amide bonds. The molecule has 0 N–H and O–H groups in total. The minimum absolute atomic E-state index is 0. The first-order valence-corrected chi connectivity index (χ1v) is 17.1. The quantitative estimate of drug-likeness (QED) is 0.0467. The van der Waals surface area contributed by atoms with Gasteiger partial charge in [-0.1, -0.05) is 35.9 Å². The summed E-state index contributed by atoms with van der Waals surface area (Å²) >= 11 is 0. The molecule has 0 aromatic heterocycles. The van der Waals surface area contributed by atoms with E-state index < -0.39 is 175 Å². The van der Waals surface area contributed by atoms with Gasteiger partial charge in [0.2, 0.25) is 0 Å². The molecule has 0 aliphatic rings. The van der Waals surface area contributed by atoms with E-state index in [0.717, 1.165) is 36.4 Å². The molecule has 0 atom stereocenters. The van der Waals surface area contributed by atoms with Crippen molar-refractivity contribution in [1.29, 1.82) is 0 Å². The maximum absolute atomic E-state index is 12.0. The van der Waals surface area contributed by atoms with Crippen LogP contribution in [0.1, 0.15) is 5.56 Å². The largest absolute Gasteiger partial charge is 3.00 e. The van der Waals surface area contributed by atoms with E-state index in [2.05, 4.69) is 19.1 Å². The van der Waals surface area contributed by atoms with Crippen LogP contribution in [-0.4, -0.2) is 34.7 Å². The third-order valence-corrected chi connectivity index (χ3v) is 6.88. The summed E-state index contributed by atoms with van der Waals surface area (Å²) in [4.78, 5) is 0. The molecule has 0 saturated carbocycles. The van der Waals surface area contributed by atoms with Crippen LogP contribution in [0, 0.1) is 218 Å². The van der Waals surface area contributed by atoms with Crippen LogP contribution in [0.15, 0.2) is 30.3 Å². The maximum atomic E-state index is 12.0. The number of hydrogen-bond donors (Lipinski definition) is 0. The molecule has 0 heterocycles. The second-order valence-corrected chi connectivity index (χ2v) is 11.8. The van der Waals surface area contributed by atoms with Crippen molar-refractivity contribution in [3.8, 4) is 0 Å². The fourth-order valence-corrected chi connectivity index (χ4v) is 3.51. The molecule has 0 saturated heterocycles. The summed E-state index contributed by atoms with van der Waals surface area (Å²) < 4.78 is 359. The summed E-state index contributed by atoms with van der Waals surface area (Å²) in [7, 11) is 0. The molecule has 32 heteroatoms. The van der Waals surface area contributed by atoms with Gasteiger partial charge in [-0.25, -0.2) is 79.0 Å². The van der Waals surface area contributed by atoms with E-state index in [0.29, 0.717) is 0 Å². The Labute approximate surface area is 419 Å². The van der Waals surface area contributed by atoms with Crippen molar-refractivity contribution in [2.75, 3.05) is 0 Å². The molecule has 0 bridgehead atoms. The predicted molar refractivity (Wildman–Crippen MR) is 193 cm³/mol. The van der Waals surface area contributed by atoms with Crippen molar-refractivity contribution in [2.45, 2.75) is 6.92 Å². The Morgan fingerprint density at radius 3 is 0.373 bits per heavy atom. The smallest absolute Gasteiger partial charge is 0.278 e. The van der Waals surface area contributed by atoms with Crippen LogP contribution in [0.4, 0.5) is 132 Å². The zero-order valence-corrected chi connectivity index (χ0v) is 37.2. The molecule has 396 valence electrons. The minimum Gasteiger partial charge on any atom is -0.278 e. The first-order valence-electron chi connectivity index (χ1n) is 17.1. The Morgan fingerprint density at radius 1 is 0.187 bits per heavy atom.